The number of carbonyl (C=O) groups is 2. The summed E-state index contributed by atoms with van der Waals surface area (Å²) in [5.74, 6) is 1.75. The summed E-state index contributed by atoms with van der Waals surface area (Å²) in [5, 5.41) is 3.13. The van der Waals surface area contributed by atoms with Crippen LogP contribution in [0.1, 0.15) is 5.56 Å². The first-order valence-electron chi connectivity index (χ1n) is 10.7. The van der Waals surface area contributed by atoms with E-state index in [1.807, 2.05) is 18.2 Å². The predicted octanol–water partition coefficient (Wildman–Crippen LogP) is 3.69. The van der Waals surface area contributed by atoms with Crippen molar-refractivity contribution in [3.8, 4) is 23.0 Å². The van der Waals surface area contributed by atoms with Crippen LogP contribution in [0, 0.1) is 0 Å². The molecule has 0 bridgehead atoms. The van der Waals surface area contributed by atoms with Crippen molar-refractivity contribution in [2.45, 2.75) is 0 Å². The number of hydrogen-bond donors (Lipinski definition) is 1. The third-order valence-corrected chi connectivity index (χ3v) is 5.52. The molecule has 2 aliphatic rings. The van der Waals surface area contributed by atoms with Crippen molar-refractivity contribution in [2.24, 2.45) is 0 Å². The van der Waals surface area contributed by atoms with Gasteiger partial charge in [-0.15, -0.1) is 0 Å². The van der Waals surface area contributed by atoms with Crippen LogP contribution in [0.2, 0.25) is 0 Å². The van der Waals surface area contributed by atoms with E-state index in [2.05, 4.69) is 5.32 Å². The Balaban J connectivity index is 1.36. The van der Waals surface area contributed by atoms with Crippen LogP contribution in [0.3, 0.4) is 0 Å². The van der Waals surface area contributed by atoms with E-state index in [0.717, 1.165) is 0 Å². The molecule has 0 saturated carbocycles. The average Bonchev–Trinajstić information content (AvgIpc) is 3.43. The van der Waals surface area contributed by atoms with Crippen LogP contribution in [0.25, 0.3) is 5.57 Å². The van der Waals surface area contributed by atoms with Crippen LogP contribution < -0.4 is 24.3 Å². The van der Waals surface area contributed by atoms with E-state index in [-0.39, 0.29) is 31.5 Å². The Morgan fingerprint density at radius 2 is 1.62 bits per heavy atom. The van der Waals surface area contributed by atoms with Crippen LogP contribution in [0.4, 0.5) is 5.69 Å². The Morgan fingerprint density at radius 1 is 0.882 bits per heavy atom. The highest BCUT2D eigenvalue weighted by Crippen LogP contribution is 2.36. The van der Waals surface area contributed by atoms with Gasteiger partial charge in [0.1, 0.15) is 23.8 Å². The Kier molecular flexibility index (Phi) is 5.78. The molecule has 8 heteroatoms. The lowest BCUT2D eigenvalue weighted by Crippen LogP contribution is -2.36. The summed E-state index contributed by atoms with van der Waals surface area (Å²) in [6.45, 7) is 0.408. The summed E-state index contributed by atoms with van der Waals surface area (Å²) in [5.41, 5.74) is 1.79. The van der Waals surface area contributed by atoms with E-state index in [9.17, 15) is 9.59 Å². The Hall–Kier alpha value is -4.46. The van der Waals surface area contributed by atoms with Gasteiger partial charge in [0.25, 0.3) is 11.8 Å². The van der Waals surface area contributed by atoms with Crippen LogP contribution in [-0.2, 0) is 9.59 Å². The number of benzene rings is 3. The predicted molar refractivity (Wildman–Crippen MR) is 125 cm³/mol. The van der Waals surface area contributed by atoms with Crippen molar-refractivity contribution in [3.63, 3.8) is 0 Å². The lowest BCUT2D eigenvalue weighted by molar-refractivity contribution is -0.137. The fourth-order valence-electron chi connectivity index (χ4n) is 3.81. The van der Waals surface area contributed by atoms with Gasteiger partial charge >= 0.3 is 0 Å². The monoisotopic (exact) mass is 458 g/mol. The zero-order valence-corrected chi connectivity index (χ0v) is 18.4. The number of carbonyl (C=O) groups excluding carboxylic acids is 2. The number of rotatable bonds is 8. The van der Waals surface area contributed by atoms with E-state index < -0.39 is 5.91 Å². The first-order valence-corrected chi connectivity index (χ1v) is 10.7. The number of ether oxygens (including phenoxy) is 4. The Labute approximate surface area is 196 Å². The molecule has 2 aliphatic heterocycles. The standard InChI is InChI=1S/C26H22N2O6/c1-31-19-8-10-20(11-9-19)32-14-13-28-25(29)23(17-5-3-2-4-6-17)24(26(28)30)27-18-7-12-21-22(15-18)34-16-33-21/h2-12,15,27H,13-14,16H2,1H3. The van der Waals surface area contributed by atoms with Crippen LogP contribution in [0.5, 0.6) is 23.0 Å². The van der Waals surface area contributed by atoms with Crippen LogP contribution >= 0.6 is 0 Å². The van der Waals surface area contributed by atoms with E-state index in [1.165, 1.54) is 4.90 Å². The quantitative estimate of drug-likeness (QED) is 0.515. The highest BCUT2D eigenvalue weighted by atomic mass is 16.7. The van der Waals surface area contributed by atoms with Crippen LogP contribution in [0.15, 0.2) is 78.5 Å². The van der Waals surface area contributed by atoms with Crippen molar-refractivity contribution in [1.29, 1.82) is 0 Å². The molecule has 8 nitrogen and oxygen atoms in total. The number of amides is 2. The molecule has 0 aromatic heterocycles. The van der Waals surface area contributed by atoms with Crippen LogP contribution in [-0.4, -0.2) is 43.8 Å². The number of imide groups is 1. The molecular formula is C26H22N2O6. The second-order valence-electron chi connectivity index (χ2n) is 7.59. The summed E-state index contributed by atoms with van der Waals surface area (Å²) < 4.78 is 21.7. The van der Waals surface area contributed by atoms with E-state index in [4.69, 9.17) is 18.9 Å². The number of methoxy groups -OCH3 is 1. The number of hydrogen-bond acceptors (Lipinski definition) is 7. The lowest BCUT2D eigenvalue weighted by atomic mass is 10.0. The smallest absolute Gasteiger partial charge is 0.278 e. The maximum absolute atomic E-state index is 13.3. The van der Waals surface area contributed by atoms with E-state index >= 15 is 0 Å². The second-order valence-corrected chi connectivity index (χ2v) is 7.59. The van der Waals surface area contributed by atoms with E-state index in [0.29, 0.717) is 39.8 Å². The minimum Gasteiger partial charge on any atom is -0.497 e. The number of nitrogens with zero attached hydrogens (tertiary/aromatic N) is 1. The van der Waals surface area contributed by atoms with E-state index in [1.54, 1.807) is 61.7 Å². The van der Waals surface area contributed by atoms with Gasteiger partial charge in [0.2, 0.25) is 6.79 Å². The number of nitrogens with one attached hydrogen (secondary N) is 1. The molecule has 0 spiro atoms. The molecule has 0 atom stereocenters. The Bertz CT molecular complexity index is 1250. The molecule has 3 aromatic carbocycles. The van der Waals surface area contributed by atoms with Crippen molar-refractivity contribution < 1.29 is 28.5 Å². The molecule has 2 heterocycles. The van der Waals surface area contributed by atoms with Gasteiger partial charge in [-0.25, -0.2) is 0 Å². The Morgan fingerprint density at radius 3 is 2.38 bits per heavy atom. The van der Waals surface area contributed by atoms with Crippen molar-refractivity contribution >= 4 is 23.1 Å². The molecule has 5 rings (SSSR count). The third-order valence-electron chi connectivity index (χ3n) is 5.52. The van der Waals surface area contributed by atoms with Gasteiger partial charge in [0, 0.05) is 11.8 Å². The maximum Gasteiger partial charge on any atom is 0.278 e. The van der Waals surface area contributed by atoms with Crippen molar-refractivity contribution in [2.75, 3.05) is 32.4 Å². The molecule has 3 aromatic rings. The summed E-state index contributed by atoms with van der Waals surface area (Å²) in [6, 6.07) is 21.5. The molecule has 34 heavy (non-hydrogen) atoms. The fourth-order valence-corrected chi connectivity index (χ4v) is 3.81. The first kappa shape index (κ1) is 21.4. The lowest BCUT2D eigenvalue weighted by Gasteiger charge is -2.16. The summed E-state index contributed by atoms with van der Waals surface area (Å²) in [4.78, 5) is 27.8. The topological polar surface area (TPSA) is 86.3 Å². The molecule has 0 aliphatic carbocycles. The zero-order chi connectivity index (χ0) is 23.5. The largest absolute Gasteiger partial charge is 0.497 e. The van der Waals surface area contributed by atoms with Gasteiger partial charge in [-0.2, -0.15) is 0 Å². The number of anilines is 1. The normalized spacial score (nSPS) is 14.6. The summed E-state index contributed by atoms with van der Waals surface area (Å²) in [6.07, 6.45) is 0. The minimum absolute atomic E-state index is 0.104. The molecular weight excluding hydrogens is 436 g/mol. The second kappa shape index (κ2) is 9.19. The summed E-state index contributed by atoms with van der Waals surface area (Å²) >= 11 is 0. The molecule has 0 radical (unpaired) electrons. The average molecular weight is 458 g/mol. The number of fused-ring (bicyclic) bond motifs is 1. The van der Waals surface area contributed by atoms with Gasteiger partial charge in [-0.1, -0.05) is 30.3 Å². The van der Waals surface area contributed by atoms with Gasteiger partial charge < -0.3 is 24.3 Å². The SMILES string of the molecule is COc1ccc(OCCN2C(=O)C(Nc3ccc4c(c3)OCO4)=C(c3ccccc3)C2=O)cc1. The molecule has 0 saturated heterocycles. The van der Waals surface area contributed by atoms with Gasteiger partial charge in [0.15, 0.2) is 11.5 Å². The first-order chi connectivity index (χ1) is 16.6. The fraction of sp³-hybridized carbons (Fsp3) is 0.154. The minimum atomic E-state index is -0.417. The molecule has 0 fully saturated rings. The highest BCUT2D eigenvalue weighted by molar-refractivity contribution is 6.36. The molecule has 0 unspecified atom stereocenters. The highest BCUT2D eigenvalue weighted by Gasteiger charge is 2.39. The summed E-state index contributed by atoms with van der Waals surface area (Å²) in [7, 11) is 1.59. The maximum atomic E-state index is 13.3. The van der Waals surface area contributed by atoms with Gasteiger partial charge in [-0.05, 0) is 42.0 Å². The van der Waals surface area contributed by atoms with Crippen molar-refractivity contribution in [3.05, 3.63) is 84.1 Å². The molecule has 2 amide bonds. The van der Waals surface area contributed by atoms with Crippen molar-refractivity contribution in [1.82, 2.24) is 4.90 Å². The molecule has 172 valence electrons. The van der Waals surface area contributed by atoms with Gasteiger partial charge in [-0.3, -0.25) is 14.5 Å². The van der Waals surface area contributed by atoms with Gasteiger partial charge in [0.05, 0.1) is 19.2 Å². The zero-order valence-electron chi connectivity index (χ0n) is 18.4. The third kappa shape index (κ3) is 4.13. The molecule has 1 N–H and O–H groups in total.